The highest BCUT2D eigenvalue weighted by atomic mass is 16.5. The fraction of sp³-hybridized carbons (Fsp3) is 0.286. The molecule has 0 aliphatic rings. The second-order valence-electron chi connectivity index (χ2n) is 4.22. The zero-order chi connectivity index (χ0) is 14.5. The summed E-state index contributed by atoms with van der Waals surface area (Å²) >= 11 is 0. The maximum absolute atomic E-state index is 11.8. The van der Waals surface area contributed by atoms with Crippen molar-refractivity contribution < 1.29 is 9.47 Å². The van der Waals surface area contributed by atoms with Gasteiger partial charge in [-0.15, -0.1) is 0 Å². The Hall–Kier alpha value is -2.50. The van der Waals surface area contributed by atoms with Crippen LogP contribution in [0, 0.1) is 0 Å². The van der Waals surface area contributed by atoms with Crippen molar-refractivity contribution in [2.75, 3.05) is 13.7 Å². The molecule has 0 spiro atoms. The highest BCUT2D eigenvalue weighted by Crippen LogP contribution is 2.16. The Labute approximate surface area is 115 Å². The van der Waals surface area contributed by atoms with E-state index >= 15 is 0 Å². The van der Waals surface area contributed by atoms with Gasteiger partial charge in [-0.05, 0) is 24.3 Å². The smallest absolute Gasteiger partial charge is 0.330 e. The van der Waals surface area contributed by atoms with Gasteiger partial charge in [-0.3, -0.25) is 9.36 Å². The largest absolute Gasteiger partial charge is 0.497 e. The van der Waals surface area contributed by atoms with Crippen molar-refractivity contribution in [3.63, 3.8) is 0 Å². The second kappa shape index (κ2) is 6.10. The topological polar surface area (TPSA) is 62.5 Å². The van der Waals surface area contributed by atoms with Crippen LogP contribution in [0.4, 0.5) is 0 Å². The lowest BCUT2D eigenvalue weighted by Gasteiger charge is -2.09. The lowest BCUT2D eigenvalue weighted by atomic mass is 10.3. The maximum atomic E-state index is 11.8. The molecule has 1 aromatic heterocycles. The first-order chi connectivity index (χ1) is 9.61. The summed E-state index contributed by atoms with van der Waals surface area (Å²) in [5, 5.41) is 0. The molecule has 2 aromatic rings. The van der Waals surface area contributed by atoms with E-state index in [0.717, 1.165) is 10.3 Å². The monoisotopic (exact) mass is 276 g/mol. The van der Waals surface area contributed by atoms with Crippen LogP contribution in [0.2, 0.25) is 0 Å². The molecule has 0 saturated heterocycles. The van der Waals surface area contributed by atoms with Gasteiger partial charge in [0.15, 0.2) is 0 Å². The zero-order valence-corrected chi connectivity index (χ0v) is 11.4. The molecular formula is C14H16N2O4. The highest BCUT2D eigenvalue weighted by Gasteiger charge is 2.03. The summed E-state index contributed by atoms with van der Waals surface area (Å²) in [5.41, 5.74) is -0.678. The Balaban J connectivity index is 2.01. The van der Waals surface area contributed by atoms with Gasteiger partial charge in [-0.2, -0.15) is 0 Å². The van der Waals surface area contributed by atoms with Gasteiger partial charge in [0, 0.05) is 19.3 Å². The van der Waals surface area contributed by atoms with Gasteiger partial charge in [0.05, 0.1) is 13.7 Å². The molecule has 0 unspecified atom stereocenters. The standard InChI is InChI=1S/C14H16N2O4/c1-15-8-7-13(17)16(14(15)18)9-10-20-12-5-3-11(19-2)4-6-12/h3-8H,9-10H2,1-2H3. The van der Waals surface area contributed by atoms with Gasteiger partial charge in [-0.25, -0.2) is 4.79 Å². The third-order valence-corrected chi connectivity index (χ3v) is 2.88. The van der Waals surface area contributed by atoms with E-state index in [4.69, 9.17) is 9.47 Å². The summed E-state index contributed by atoms with van der Waals surface area (Å²) in [6.07, 6.45) is 1.45. The van der Waals surface area contributed by atoms with E-state index < -0.39 is 0 Å². The summed E-state index contributed by atoms with van der Waals surface area (Å²) in [7, 11) is 3.19. The third-order valence-electron chi connectivity index (χ3n) is 2.88. The average Bonchev–Trinajstić information content (AvgIpc) is 2.47. The van der Waals surface area contributed by atoms with Crippen LogP contribution in [0.3, 0.4) is 0 Å². The molecule has 0 saturated carbocycles. The number of hydrogen-bond acceptors (Lipinski definition) is 4. The minimum absolute atomic E-state index is 0.207. The molecule has 1 heterocycles. The number of aryl methyl sites for hydroxylation is 1. The molecule has 0 aliphatic heterocycles. The minimum Gasteiger partial charge on any atom is -0.497 e. The summed E-state index contributed by atoms with van der Waals surface area (Å²) in [6, 6.07) is 8.45. The molecule has 6 heteroatoms. The normalized spacial score (nSPS) is 10.3. The molecule has 0 bridgehead atoms. The Morgan fingerprint density at radius 3 is 2.35 bits per heavy atom. The van der Waals surface area contributed by atoms with Gasteiger partial charge in [-0.1, -0.05) is 0 Å². The van der Waals surface area contributed by atoms with E-state index in [1.807, 2.05) is 0 Å². The SMILES string of the molecule is COc1ccc(OCCn2c(=O)ccn(C)c2=O)cc1. The molecule has 0 fully saturated rings. The van der Waals surface area contributed by atoms with E-state index in [9.17, 15) is 9.59 Å². The molecule has 2 rings (SSSR count). The van der Waals surface area contributed by atoms with E-state index in [-0.39, 0.29) is 24.4 Å². The first-order valence-electron chi connectivity index (χ1n) is 6.15. The van der Waals surface area contributed by atoms with Crippen molar-refractivity contribution >= 4 is 0 Å². The molecule has 106 valence electrons. The van der Waals surface area contributed by atoms with E-state index in [0.29, 0.717) is 5.75 Å². The van der Waals surface area contributed by atoms with Crippen molar-refractivity contribution in [2.24, 2.45) is 7.05 Å². The lowest BCUT2D eigenvalue weighted by molar-refractivity contribution is 0.291. The van der Waals surface area contributed by atoms with Crippen LogP contribution in [0.5, 0.6) is 11.5 Å². The molecule has 0 aliphatic carbocycles. The number of aromatic nitrogens is 2. The van der Waals surface area contributed by atoms with Crippen LogP contribution in [0.15, 0.2) is 46.1 Å². The van der Waals surface area contributed by atoms with E-state index in [1.165, 1.54) is 16.8 Å². The molecule has 1 aromatic carbocycles. The number of benzene rings is 1. The summed E-state index contributed by atoms with van der Waals surface area (Å²) in [4.78, 5) is 23.4. The van der Waals surface area contributed by atoms with Crippen molar-refractivity contribution in [1.29, 1.82) is 0 Å². The van der Waals surface area contributed by atoms with E-state index in [2.05, 4.69) is 0 Å². The molecule has 0 atom stereocenters. The van der Waals surface area contributed by atoms with Gasteiger partial charge < -0.3 is 14.0 Å². The number of rotatable bonds is 5. The molecule has 0 N–H and O–H groups in total. The summed E-state index contributed by atoms with van der Waals surface area (Å²) in [5.74, 6) is 1.40. The first kappa shape index (κ1) is 13.9. The second-order valence-corrected chi connectivity index (χ2v) is 4.22. The van der Waals surface area contributed by atoms with Crippen molar-refractivity contribution in [1.82, 2.24) is 9.13 Å². The maximum Gasteiger partial charge on any atom is 0.330 e. The number of methoxy groups -OCH3 is 1. The fourth-order valence-corrected chi connectivity index (χ4v) is 1.75. The van der Waals surface area contributed by atoms with Crippen LogP contribution in [0.25, 0.3) is 0 Å². The predicted molar refractivity (Wildman–Crippen MR) is 74.4 cm³/mol. The Morgan fingerprint density at radius 1 is 1.05 bits per heavy atom. The third kappa shape index (κ3) is 3.09. The van der Waals surface area contributed by atoms with Gasteiger partial charge >= 0.3 is 5.69 Å². The van der Waals surface area contributed by atoms with Crippen molar-refractivity contribution in [3.05, 3.63) is 57.4 Å². The van der Waals surface area contributed by atoms with Crippen LogP contribution < -0.4 is 20.7 Å². The zero-order valence-electron chi connectivity index (χ0n) is 11.4. The predicted octanol–water partition coefficient (Wildman–Crippen LogP) is 0.635. The Morgan fingerprint density at radius 2 is 1.70 bits per heavy atom. The molecule has 6 nitrogen and oxygen atoms in total. The van der Waals surface area contributed by atoms with Gasteiger partial charge in [0.1, 0.15) is 18.1 Å². The van der Waals surface area contributed by atoms with Crippen LogP contribution in [0.1, 0.15) is 0 Å². The Bertz CT molecular complexity index is 686. The number of nitrogens with zero attached hydrogens (tertiary/aromatic N) is 2. The molecule has 0 radical (unpaired) electrons. The number of hydrogen-bond donors (Lipinski definition) is 0. The molecule has 0 amide bonds. The number of ether oxygens (including phenoxy) is 2. The van der Waals surface area contributed by atoms with Crippen molar-refractivity contribution in [3.8, 4) is 11.5 Å². The quantitative estimate of drug-likeness (QED) is 0.804. The van der Waals surface area contributed by atoms with Crippen LogP contribution in [-0.2, 0) is 13.6 Å². The van der Waals surface area contributed by atoms with E-state index in [1.54, 1.807) is 38.4 Å². The van der Waals surface area contributed by atoms with Crippen LogP contribution >= 0.6 is 0 Å². The minimum atomic E-state index is -0.351. The Kier molecular flexibility index (Phi) is 4.24. The molecular weight excluding hydrogens is 260 g/mol. The van der Waals surface area contributed by atoms with Crippen molar-refractivity contribution in [2.45, 2.75) is 6.54 Å². The summed E-state index contributed by atoms with van der Waals surface area (Å²) < 4.78 is 13.0. The molecule has 20 heavy (non-hydrogen) atoms. The van der Waals surface area contributed by atoms with Gasteiger partial charge in [0.2, 0.25) is 0 Å². The highest BCUT2D eigenvalue weighted by molar-refractivity contribution is 5.31. The van der Waals surface area contributed by atoms with Gasteiger partial charge in [0.25, 0.3) is 5.56 Å². The fourth-order valence-electron chi connectivity index (χ4n) is 1.75. The first-order valence-corrected chi connectivity index (χ1v) is 6.15. The van der Waals surface area contributed by atoms with Crippen LogP contribution in [-0.4, -0.2) is 22.9 Å². The lowest BCUT2D eigenvalue weighted by Crippen LogP contribution is -2.39. The average molecular weight is 276 g/mol. The summed E-state index contributed by atoms with van der Waals surface area (Å²) in [6.45, 7) is 0.448.